The maximum atomic E-state index is 12.5. The second kappa shape index (κ2) is 8.69. The summed E-state index contributed by atoms with van der Waals surface area (Å²) in [4.78, 5) is 29.8. The number of rotatable bonds is 5. The Kier molecular flexibility index (Phi) is 6.26. The molecule has 0 radical (unpaired) electrons. The summed E-state index contributed by atoms with van der Waals surface area (Å²) >= 11 is 5.81. The molecule has 1 aliphatic heterocycles. The fourth-order valence-corrected chi connectivity index (χ4v) is 3.10. The number of hydrogen-bond donors (Lipinski definition) is 0. The molecule has 0 unspecified atom stereocenters. The summed E-state index contributed by atoms with van der Waals surface area (Å²) in [6.45, 7) is -1.53. The molecular formula is C19H16ClF3N2O4. The van der Waals surface area contributed by atoms with Gasteiger partial charge in [0.1, 0.15) is 5.02 Å². The fraction of sp³-hybridized carbons (Fsp3) is 0.316. The Morgan fingerprint density at radius 1 is 1.24 bits per heavy atom. The average Bonchev–Trinajstić information content (AvgIpc) is 2.69. The number of esters is 1. The van der Waals surface area contributed by atoms with E-state index in [0.717, 1.165) is 36.4 Å². The zero-order chi connectivity index (χ0) is 21.0. The van der Waals surface area contributed by atoms with Crippen molar-refractivity contribution in [2.75, 3.05) is 24.7 Å². The quantitative estimate of drug-likeness (QED) is 0.677. The minimum atomic E-state index is -4.55. The van der Waals surface area contributed by atoms with Gasteiger partial charge in [-0.05, 0) is 30.5 Å². The lowest BCUT2D eigenvalue weighted by atomic mass is 10.0. The second-order valence-corrected chi connectivity index (χ2v) is 6.68. The number of pyridine rings is 1. The van der Waals surface area contributed by atoms with Gasteiger partial charge in [0.15, 0.2) is 13.2 Å². The van der Waals surface area contributed by atoms with E-state index in [4.69, 9.17) is 16.3 Å². The van der Waals surface area contributed by atoms with Gasteiger partial charge in [0, 0.05) is 18.4 Å². The number of aryl methyl sites for hydroxylation is 1. The molecule has 154 valence electrons. The van der Waals surface area contributed by atoms with Crippen LogP contribution >= 0.6 is 11.6 Å². The van der Waals surface area contributed by atoms with E-state index >= 15 is 0 Å². The van der Waals surface area contributed by atoms with Gasteiger partial charge in [-0.25, -0.2) is 9.78 Å². The first kappa shape index (κ1) is 20.9. The van der Waals surface area contributed by atoms with Gasteiger partial charge >= 0.3 is 12.1 Å². The Morgan fingerprint density at radius 3 is 2.72 bits per heavy atom. The van der Waals surface area contributed by atoms with Crippen LogP contribution in [0.2, 0.25) is 5.02 Å². The summed E-state index contributed by atoms with van der Waals surface area (Å²) in [7, 11) is 0. The maximum Gasteiger partial charge on any atom is 0.422 e. The number of nitrogens with zero attached hydrogens (tertiary/aromatic N) is 2. The summed E-state index contributed by atoms with van der Waals surface area (Å²) in [5, 5.41) is -0.278. The van der Waals surface area contributed by atoms with E-state index in [2.05, 4.69) is 9.72 Å². The predicted molar refractivity (Wildman–Crippen MR) is 98.2 cm³/mol. The molecule has 1 aromatic heterocycles. The number of amides is 1. The van der Waals surface area contributed by atoms with Crippen molar-refractivity contribution in [3.8, 4) is 5.88 Å². The van der Waals surface area contributed by atoms with Gasteiger partial charge in [0.05, 0.1) is 5.56 Å². The third-order valence-electron chi connectivity index (χ3n) is 4.15. The molecule has 1 aliphatic rings. The van der Waals surface area contributed by atoms with Crippen molar-refractivity contribution in [3.63, 3.8) is 0 Å². The number of carbonyl (C=O) groups is 2. The van der Waals surface area contributed by atoms with Crippen molar-refractivity contribution in [2.24, 2.45) is 0 Å². The molecule has 0 aliphatic carbocycles. The minimum Gasteiger partial charge on any atom is -0.467 e. The molecule has 2 aromatic rings. The maximum absolute atomic E-state index is 12.5. The molecule has 0 N–H and O–H groups in total. The molecule has 0 atom stereocenters. The molecular weight excluding hydrogens is 413 g/mol. The summed E-state index contributed by atoms with van der Waals surface area (Å²) in [5.41, 5.74) is 1.72. The van der Waals surface area contributed by atoms with Gasteiger partial charge in [-0.2, -0.15) is 13.2 Å². The normalized spacial score (nSPS) is 13.6. The third kappa shape index (κ3) is 5.38. The van der Waals surface area contributed by atoms with Crippen molar-refractivity contribution in [3.05, 3.63) is 52.7 Å². The summed E-state index contributed by atoms with van der Waals surface area (Å²) in [6, 6.07) is 8.57. The van der Waals surface area contributed by atoms with Crippen LogP contribution in [0, 0.1) is 0 Å². The van der Waals surface area contributed by atoms with Crippen molar-refractivity contribution < 1.29 is 32.2 Å². The highest BCUT2D eigenvalue weighted by Gasteiger charge is 2.29. The highest BCUT2D eigenvalue weighted by Crippen LogP contribution is 2.27. The van der Waals surface area contributed by atoms with E-state index in [9.17, 15) is 22.8 Å². The molecule has 1 amide bonds. The molecule has 0 fully saturated rings. The summed E-state index contributed by atoms with van der Waals surface area (Å²) < 4.78 is 46.1. The van der Waals surface area contributed by atoms with Gasteiger partial charge < -0.3 is 14.4 Å². The fourth-order valence-electron chi connectivity index (χ4n) is 2.87. The van der Waals surface area contributed by atoms with Crippen LogP contribution in [0.25, 0.3) is 0 Å². The predicted octanol–water partition coefficient (Wildman–Crippen LogP) is 3.81. The van der Waals surface area contributed by atoms with Crippen LogP contribution in [-0.4, -0.2) is 42.8 Å². The Labute approximate surface area is 169 Å². The van der Waals surface area contributed by atoms with Crippen LogP contribution in [0.3, 0.4) is 0 Å². The van der Waals surface area contributed by atoms with Crippen LogP contribution in [0.5, 0.6) is 5.88 Å². The molecule has 29 heavy (non-hydrogen) atoms. The number of fused-ring (bicyclic) bond motifs is 1. The topological polar surface area (TPSA) is 68.7 Å². The third-order valence-corrected chi connectivity index (χ3v) is 4.42. The summed E-state index contributed by atoms with van der Waals surface area (Å²) in [6.07, 6.45) is -1.90. The number of halogens is 4. The van der Waals surface area contributed by atoms with Gasteiger partial charge in [0.2, 0.25) is 5.88 Å². The van der Waals surface area contributed by atoms with Crippen molar-refractivity contribution in [1.29, 1.82) is 0 Å². The summed E-state index contributed by atoms with van der Waals surface area (Å²) in [5.74, 6) is -1.71. The number of aromatic nitrogens is 1. The first-order chi connectivity index (χ1) is 13.7. The first-order valence-corrected chi connectivity index (χ1v) is 9.03. The van der Waals surface area contributed by atoms with Crippen LogP contribution in [0.15, 0.2) is 36.5 Å². The van der Waals surface area contributed by atoms with Gasteiger partial charge in [0.25, 0.3) is 5.91 Å². The zero-order valence-electron chi connectivity index (χ0n) is 15.0. The highest BCUT2D eigenvalue weighted by molar-refractivity contribution is 6.32. The van der Waals surface area contributed by atoms with Crippen molar-refractivity contribution in [2.45, 2.75) is 19.0 Å². The lowest BCUT2D eigenvalue weighted by molar-refractivity contribution is -0.154. The van der Waals surface area contributed by atoms with Crippen molar-refractivity contribution in [1.82, 2.24) is 4.98 Å². The van der Waals surface area contributed by atoms with Crippen LogP contribution in [-0.2, 0) is 16.0 Å². The second-order valence-electron chi connectivity index (χ2n) is 6.27. The molecule has 2 heterocycles. The van der Waals surface area contributed by atoms with E-state index in [1.54, 1.807) is 4.90 Å². The largest absolute Gasteiger partial charge is 0.467 e. The lowest BCUT2D eigenvalue weighted by Gasteiger charge is -2.29. The SMILES string of the molecule is O=C(OCC(=O)N1CCCc2ccccc21)c1cnc(OCC(F)(F)F)c(Cl)c1. The van der Waals surface area contributed by atoms with E-state index in [0.29, 0.717) is 6.54 Å². The van der Waals surface area contributed by atoms with Crippen LogP contribution < -0.4 is 9.64 Å². The monoisotopic (exact) mass is 428 g/mol. The molecule has 0 spiro atoms. The van der Waals surface area contributed by atoms with Gasteiger partial charge in [-0.15, -0.1) is 0 Å². The van der Waals surface area contributed by atoms with E-state index in [-0.39, 0.29) is 16.5 Å². The van der Waals surface area contributed by atoms with Gasteiger partial charge in [-0.3, -0.25) is 4.79 Å². The number of hydrogen-bond acceptors (Lipinski definition) is 5. The number of benzene rings is 1. The molecule has 1 aromatic carbocycles. The first-order valence-electron chi connectivity index (χ1n) is 8.65. The number of alkyl halides is 3. The standard InChI is InChI=1S/C19H16ClF3N2O4/c20-14-8-13(9-24-17(14)29-11-19(21,22)23)18(27)28-10-16(26)25-7-3-5-12-4-1-2-6-15(12)25/h1-2,4,6,8-9H,3,5,7,10-11H2. The van der Waals surface area contributed by atoms with E-state index in [1.807, 2.05) is 24.3 Å². The highest BCUT2D eigenvalue weighted by atomic mass is 35.5. The van der Waals surface area contributed by atoms with E-state index in [1.165, 1.54) is 0 Å². The molecule has 0 saturated carbocycles. The smallest absolute Gasteiger partial charge is 0.422 e. The average molecular weight is 429 g/mol. The number of para-hydroxylation sites is 1. The number of carbonyl (C=O) groups excluding carboxylic acids is 2. The number of ether oxygens (including phenoxy) is 2. The number of anilines is 1. The van der Waals surface area contributed by atoms with Gasteiger partial charge in [-0.1, -0.05) is 29.8 Å². The lowest BCUT2D eigenvalue weighted by Crippen LogP contribution is -2.38. The Hall–Kier alpha value is -2.81. The Bertz CT molecular complexity index is 921. The van der Waals surface area contributed by atoms with E-state index < -0.39 is 31.2 Å². The molecule has 3 rings (SSSR count). The van der Waals surface area contributed by atoms with Crippen molar-refractivity contribution >= 4 is 29.2 Å². The van der Waals surface area contributed by atoms with Crippen LogP contribution in [0.1, 0.15) is 22.3 Å². The minimum absolute atomic E-state index is 0.110. The molecule has 0 saturated heterocycles. The molecule has 10 heteroatoms. The Balaban J connectivity index is 1.60. The van der Waals surface area contributed by atoms with Crippen LogP contribution in [0.4, 0.5) is 18.9 Å². The zero-order valence-corrected chi connectivity index (χ0v) is 15.8. The Morgan fingerprint density at radius 2 is 2.00 bits per heavy atom. The molecule has 0 bridgehead atoms. The molecule has 6 nitrogen and oxygen atoms in total.